The Morgan fingerprint density at radius 2 is 1.65 bits per heavy atom. The molecule has 23 heavy (non-hydrogen) atoms. The van der Waals surface area contributed by atoms with Gasteiger partial charge in [0, 0.05) is 10.0 Å². The Morgan fingerprint density at radius 3 is 2.17 bits per heavy atom. The van der Waals surface area contributed by atoms with E-state index >= 15 is 0 Å². The van der Waals surface area contributed by atoms with E-state index in [9.17, 15) is 13.2 Å². The highest BCUT2D eigenvalue weighted by Gasteiger charge is 2.32. The zero-order valence-corrected chi connectivity index (χ0v) is 15.2. The van der Waals surface area contributed by atoms with Crippen molar-refractivity contribution in [2.45, 2.75) is 18.7 Å². The van der Waals surface area contributed by atoms with Crippen LogP contribution in [-0.4, -0.2) is 14.3 Å². The third-order valence-corrected chi connectivity index (χ3v) is 5.56. The van der Waals surface area contributed by atoms with Crippen LogP contribution in [0.3, 0.4) is 0 Å². The Morgan fingerprint density at radius 1 is 1.09 bits per heavy atom. The number of nitrogens with zero attached hydrogens (tertiary/aromatic N) is 1. The lowest BCUT2D eigenvalue weighted by Gasteiger charge is -2.23. The summed E-state index contributed by atoms with van der Waals surface area (Å²) in [5.74, 6) is -0.669. The first-order valence-electron chi connectivity index (χ1n) is 6.81. The molecule has 0 atom stereocenters. The quantitative estimate of drug-likeness (QED) is 0.735. The largest absolute Gasteiger partial charge is 0.271 e. The van der Waals surface area contributed by atoms with Gasteiger partial charge >= 0.3 is 0 Å². The zero-order chi connectivity index (χ0) is 17.2. The van der Waals surface area contributed by atoms with Crippen LogP contribution in [0.15, 0.2) is 70.1 Å². The number of amides is 1. The summed E-state index contributed by atoms with van der Waals surface area (Å²) in [5.41, 5.74) is 1.32. The molecule has 0 spiro atoms. The maximum Gasteiger partial charge on any atom is 0.271 e. The lowest BCUT2D eigenvalue weighted by molar-refractivity contribution is -0.114. The maximum absolute atomic E-state index is 13.0. The number of hydrogen-bond donors (Lipinski definition) is 0. The van der Waals surface area contributed by atoms with E-state index < -0.39 is 15.9 Å². The number of benzene rings is 2. The average molecular weight is 394 g/mol. The zero-order valence-electron chi connectivity index (χ0n) is 12.8. The molecule has 0 saturated carbocycles. The predicted octanol–water partition coefficient (Wildman–Crippen LogP) is 4.06. The second kappa shape index (κ2) is 6.68. The number of carbonyl (C=O) groups excluding carboxylic acids is 1. The van der Waals surface area contributed by atoms with E-state index in [4.69, 9.17) is 0 Å². The molecule has 6 heteroatoms. The van der Waals surface area contributed by atoms with E-state index in [0.29, 0.717) is 4.47 Å². The van der Waals surface area contributed by atoms with Crippen molar-refractivity contribution in [3.05, 3.63) is 70.7 Å². The van der Waals surface area contributed by atoms with Gasteiger partial charge in [-0.15, -0.1) is 0 Å². The summed E-state index contributed by atoms with van der Waals surface area (Å²) in [6, 6.07) is 13.0. The van der Waals surface area contributed by atoms with Crippen molar-refractivity contribution in [1.82, 2.24) is 0 Å². The lowest BCUT2D eigenvalue weighted by Crippen LogP contribution is -2.37. The molecule has 0 aromatic heterocycles. The van der Waals surface area contributed by atoms with Crippen molar-refractivity contribution in [1.29, 1.82) is 0 Å². The van der Waals surface area contributed by atoms with E-state index in [1.807, 2.05) is 6.92 Å². The Balaban J connectivity index is 2.67. The Labute approximate surface area is 144 Å². The summed E-state index contributed by atoms with van der Waals surface area (Å²) in [7, 11) is -4.04. The van der Waals surface area contributed by atoms with Crippen LogP contribution in [0.1, 0.15) is 12.5 Å². The molecule has 0 N–H and O–H groups in total. The van der Waals surface area contributed by atoms with Gasteiger partial charge in [0.05, 0.1) is 10.6 Å². The summed E-state index contributed by atoms with van der Waals surface area (Å²) < 4.78 is 27.3. The Hall–Kier alpha value is -1.92. The van der Waals surface area contributed by atoms with Gasteiger partial charge in [-0.25, -0.2) is 8.42 Å². The first kappa shape index (κ1) is 17.4. The second-order valence-electron chi connectivity index (χ2n) is 5.12. The molecule has 0 aliphatic heterocycles. The smallest absolute Gasteiger partial charge is 0.268 e. The average Bonchev–Trinajstić information content (AvgIpc) is 2.49. The van der Waals surface area contributed by atoms with Crippen molar-refractivity contribution in [2.75, 3.05) is 4.31 Å². The second-order valence-corrected chi connectivity index (χ2v) is 7.76. The molecule has 0 bridgehead atoms. The normalized spacial score (nSPS) is 11.1. The van der Waals surface area contributed by atoms with Crippen LogP contribution in [0.5, 0.6) is 0 Å². The highest BCUT2D eigenvalue weighted by atomic mass is 79.9. The molecule has 0 radical (unpaired) electrons. The summed E-state index contributed by atoms with van der Waals surface area (Å²) in [6.07, 6.45) is 0. The standard InChI is InChI=1S/C17H16BrNO3S/c1-12(2)17(20)19(16-7-5-4-6-15(16)18)23(21,22)14-10-8-13(3)9-11-14/h4-11H,1H2,2-3H3. The minimum atomic E-state index is -4.04. The van der Waals surface area contributed by atoms with Gasteiger partial charge in [-0.3, -0.25) is 4.79 Å². The van der Waals surface area contributed by atoms with Gasteiger partial charge in [0.15, 0.2) is 0 Å². The van der Waals surface area contributed by atoms with Crippen LogP contribution in [0.2, 0.25) is 0 Å². The fourth-order valence-electron chi connectivity index (χ4n) is 1.95. The van der Waals surface area contributed by atoms with Gasteiger partial charge < -0.3 is 0 Å². The summed E-state index contributed by atoms with van der Waals surface area (Å²) in [5, 5.41) is 0. The van der Waals surface area contributed by atoms with E-state index in [-0.39, 0.29) is 16.2 Å². The first-order valence-corrected chi connectivity index (χ1v) is 9.05. The molecule has 2 aromatic carbocycles. The fourth-order valence-corrected chi connectivity index (χ4v) is 4.02. The maximum atomic E-state index is 13.0. The molecule has 2 rings (SSSR count). The van der Waals surface area contributed by atoms with Crippen molar-refractivity contribution in [3.8, 4) is 0 Å². The van der Waals surface area contributed by atoms with Crippen LogP contribution < -0.4 is 4.31 Å². The number of rotatable bonds is 4. The van der Waals surface area contributed by atoms with Gasteiger partial charge in [0.1, 0.15) is 0 Å². The molecule has 4 nitrogen and oxygen atoms in total. The number of halogens is 1. The van der Waals surface area contributed by atoms with Gasteiger partial charge in [0.2, 0.25) is 0 Å². The van der Waals surface area contributed by atoms with E-state index in [0.717, 1.165) is 9.87 Å². The molecule has 2 aromatic rings. The minimum Gasteiger partial charge on any atom is -0.268 e. The van der Waals surface area contributed by atoms with Gasteiger partial charge in [-0.05, 0) is 54.0 Å². The van der Waals surface area contributed by atoms with Crippen molar-refractivity contribution >= 4 is 37.5 Å². The Kier molecular flexibility index (Phi) is 5.06. The number of para-hydroxylation sites is 1. The van der Waals surface area contributed by atoms with Gasteiger partial charge in [-0.2, -0.15) is 4.31 Å². The van der Waals surface area contributed by atoms with Crippen LogP contribution in [0.4, 0.5) is 5.69 Å². The molecular formula is C17H16BrNO3S. The third kappa shape index (κ3) is 3.54. The molecule has 0 aliphatic carbocycles. The third-order valence-electron chi connectivity index (χ3n) is 3.18. The van der Waals surface area contributed by atoms with Crippen LogP contribution >= 0.6 is 15.9 Å². The van der Waals surface area contributed by atoms with Crippen LogP contribution in [0.25, 0.3) is 0 Å². The number of anilines is 1. The molecule has 0 aliphatic rings. The van der Waals surface area contributed by atoms with Gasteiger partial charge in [-0.1, -0.05) is 36.4 Å². The topological polar surface area (TPSA) is 54.5 Å². The molecule has 0 fully saturated rings. The summed E-state index contributed by atoms with van der Waals surface area (Å²) in [6.45, 7) is 6.93. The van der Waals surface area contributed by atoms with Crippen molar-refractivity contribution in [3.63, 3.8) is 0 Å². The van der Waals surface area contributed by atoms with Crippen LogP contribution in [0, 0.1) is 6.92 Å². The Bertz CT molecular complexity index is 858. The number of sulfonamides is 1. The SMILES string of the molecule is C=C(C)C(=O)N(c1ccccc1Br)S(=O)(=O)c1ccc(C)cc1. The molecule has 120 valence electrons. The highest BCUT2D eigenvalue weighted by molar-refractivity contribution is 9.10. The summed E-state index contributed by atoms with van der Waals surface area (Å²) in [4.78, 5) is 12.6. The predicted molar refractivity (Wildman–Crippen MR) is 94.8 cm³/mol. The van der Waals surface area contributed by atoms with Crippen molar-refractivity contribution in [2.24, 2.45) is 0 Å². The van der Waals surface area contributed by atoms with Gasteiger partial charge in [0.25, 0.3) is 15.9 Å². The molecular weight excluding hydrogens is 378 g/mol. The lowest BCUT2D eigenvalue weighted by atomic mass is 10.2. The fraction of sp³-hybridized carbons (Fsp3) is 0.118. The molecule has 1 amide bonds. The van der Waals surface area contributed by atoms with Crippen LogP contribution in [-0.2, 0) is 14.8 Å². The number of hydrogen-bond acceptors (Lipinski definition) is 3. The number of carbonyl (C=O) groups is 1. The minimum absolute atomic E-state index is 0.0495. The van der Waals surface area contributed by atoms with E-state index in [2.05, 4.69) is 22.5 Å². The molecule has 0 unspecified atom stereocenters. The monoisotopic (exact) mass is 393 g/mol. The highest BCUT2D eigenvalue weighted by Crippen LogP contribution is 2.31. The number of aryl methyl sites for hydroxylation is 1. The summed E-state index contributed by atoms with van der Waals surface area (Å²) >= 11 is 3.30. The molecule has 0 saturated heterocycles. The van der Waals surface area contributed by atoms with Crippen molar-refractivity contribution < 1.29 is 13.2 Å². The molecule has 0 heterocycles. The van der Waals surface area contributed by atoms with E-state index in [1.165, 1.54) is 19.1 Å². The first-order chi connectivity index (χ1) is 10.7. The van der Waals surface area contributed by atoms with E-state index in [1.54, 1.807) is 36.4 Å².